The third-order valence-electron chi connectivity index (χ3n) is 2.60. The van der Waals surface area contributed by atoms with E-state index in [-0.39, 0.29) is 0 Å². The van der Waals surface area contributed by atoms with Crippen molar-refractivity contribution >= 4 is 0 Å². The Kier molecular flexibility index (Phi) is 2.35. The van der Waals surface area contributed by atoms with Crippen LogP contribution in [0.15, 0.2) is 0 Å². The number of hydrogen-bond donors (Lipinski definition) is 0. The van der Waals surface area contributed by atoms with Crippen molar-refractivity contribution in [2.45, 2.75) is 33.6 Å². The van der Waals surface area contributed by atoms with Gasteiger partial charge in [-0.05, 0) is 31.3 Å². The Hall–Kier alpha value is -0.0400. The predicted molar refractivity (Wildman–Crippen MR) is 45.1 cm³/mol. The van der Waals surface area contributed by atoms with Gasteiger partial charge in [0, 0.05) is 6.54 Å². The summed E-state index contributed by atoms with van der Waals surface area (Å²) in [6.07, 6.45) is 2.90. The Morgan fingerprint density at radius 2 is 1.70 bits per heavy atom. The van der Waals surface area contributed by atoms with Crippen LogP contribution < -0.4 is 0 Å². The fourth-order valence-electron chi connectivity index (χ4n) is 1.36. The molecule has 0 spiro atoms. The quantitative estimate of drug-likeness (QED) is 0.579. The van der Waals surface area contributed by atoms with Gasteiger partial charge in [-0.15, -0.1) is 0 Å². The lowest BCUT2D eigenvalue weighted by Crippen LogP contribution is -2.28. The van der Waals surface area contributed by atoms with Gasteiger partial charge in [-0.3, -0.25) is 0 Å². The molecule has 1 saturated carbocycles. The lowest BCUT2D eigenvalue weighted by molar-refractivity contribution is 0.250. The smallest absolute Gasteiger partial charge is 0.00351 e. The molecule has 0 atom stereocenters. The van der Waals surface area contributed by atoms with Gasteiger partial charge < -0.3 is 4.90 Å². The summed E-state index contributed by atoms with van der Waals surface area (Å²) in [4.78, 5) is 2.52. The molecule has 1 fully saturated rings. The molecular formula is C9H19N. The molecule has 1 heteroatoms. The van der Waals surface area contributed by atoms with Gasteiger partial charge in [-0.25, -0.2) is 0 Å². The first-order valence-electron chi connectivity index (χ1n) is 4.42. The van der Waals surface area contributed by atoms with Crippen LogP contribution in [0.3, 0.4) is 0 Å². The van der Waals surface area contributed by atoms with Crippen molar-refractivity contribution in [3.05, 3.63) is 0 Å². The highest BCUT2D eigenvalue weighted by molar-refractivity contribution is 4.90. The topological polar surface area (TPSA) is 3.24 Å². The van der Waals surface area contributed by atoms with Gasteiger partial charge in [0.2, 0.25) is 0 Å². The highest BCUT2D eigenvalue weighted by Gasteiger charge is 2.37. The number of rotatable bonds is 4. The summed E-state index contributed by atoms with van der Waals surface area (Å²) in [6.45, 7) is 10.6. The van der Waals surface area contributed by atoms with Gasteiger partial charge in [-0.2, -0.15) is 0 Å². The van der Waals surface area contributed by atoms with E-state index in [0.29, 0.717) is 5.41 Å². The molecule has 1 rings (SSSR count). The Labute approximate surface area is 64.4 Å². The van der Waals surface area contributed by atoms with Crippen LogP contribution >= 0.6 is 0 Å². The molecule has 0 aromatic carbocycles. The molecule has 1 aliphatic carbocycles. The van der Waals surface area contributed by atoms with Crippen LogP contribution in [-0.2, 0) is 0 Å². The molecule has 60 valence electrons. The molecule has 1 nitrogen and oxygen atoms in total. The molecule has 0 unspecified atom stereocenters. The molecule has 0 aliphatic heterocycles. The average Bonchev–Trinajstić information content (AvgIpc) is 2.64. The maximum absolute atomic E-state index is 2.52. The summed E-state index contributed by atoms with van der Waals surface area (Å²) in [7, 11) is 0. The van der Waals surface area contributed by atoms with Crippen LogP contribution in [0.1, 0.15) is 33.6 Å². The molecule has 10 heavy (non-hydrogen) atoms. The Bertz CT molecular complexity index is 101. The largest absolute Gasteiger partial charge is 0.303 e. The summed E-state index contributed by atoms with van der Waals surface area (Å²) in [5, 5.41) is 0. The fraction of sp³-hybridized carbons (Fsp3) is 1.00. The lowest BCUT2D eigenvalue weighted by Gasteiger charge is -2.21. The van der Waals surface area contributed by atoms with Crippen LogP contribution in [-0.4, -0.2) is 24.5 Å². The summed E-state index contributed by atoms with van der Waals surface area (Å²) in [5.41, 5.74) is 0.700. The van der Waals surface area contributed by atoms with Crippen LogP contribution in [0.2, 0.25) is 0 Å². The van der Waals surface area contributed by atoms with Gasteiger partial charge in [0.05, 0.1) is 0 Å². The minimum absolute atomic E-state index is 0.700. The fourth-order valence-corrected chi connectivity index (χ4v) is 1.36. The zero-order chi connectivity index (χ0) is 7.61. The monoisotopic (exact) mass is 141 g/mol. The molecule has 0 heterocycles. The van der Waals surface area contributed by atoms with E-state index < -0.39 is 0 Å². The maximum atomic E-state index is 2.52. The number of nitrogens with zero attached hydrogens (tertiary/aromatic N) is 1. The van der Waals surface area contributed by atoms with Crippen LogP contribution in [0.5, 0.6) is 0 Å². The highest BCUT2D eigenvalue weighted by Crippen LogP contribution is 2.45. The van der Waals surface area contributed by atoms with Crippen molar-refractivity contribution in [3.8, 4) is 0 Å². The zero-order valence-corrected chi connectivity index (χ0v) is 7.48. The van der Waals surface area contributed by atoms with Crippen molar-refractivity contribution in [3.63, 3.8) is 0 Å². The third-order valence-corrected chi connectivity index (χ3v) is 2.60. The van der Waals surface area contributed by atoms with E-state index in [1.165, 1.54) is 32.5 Å². The van der Waals surface area contributed by atoms with E-state index in [4.69, 9.17) is 0 Å². The summed E-state index contributed by atoms with van der Waals surface area (Å²) >= 11 is 0. The van der Waals surface area contributed by atoms with Gasteiger partial charge in [0.15, 0.2) is 0 Å². The molecule has 1 aliphatic rings. The molecule has 0 radical (unpaired) electrons. The van der Waals surface area contributed by atoms with Gasteiger partial charge in [0.25, 0.3) is 0 Å². The normalized spacial score (nSPS) is 21.6. The zero-order valence-electron chi connectivity index (χ0n) is 7.48. The van der Waals surface area contributed by atoms with Crippen molar-refractivity contribution in [1.82, 2.24) is 4.90 Å². The van der Waals surface area contributed by atoms with E-state index in [1.54, 1.807) is 0 Å². The molecule has 0 aromatic rings. The molecular weight excluding hydrogens is 122 g/mol. The van der Waals surface area contributed by atoms with Gasteiger partial charge in [-0.1, -0.05) is 20.8 Å². The summed E-state index contributed by atoms with van der Waals surface area (Å²) in [5.74, 6) is 0. The first-order chi connectivity index (χ1) is 4.70. The van der Waals surface area contributed by atoms with Crippen molar-refractivity contribution in [2.75, 3.05) is 19.6 Å². The van der Waals surface area contributed by atoms with Gasteiger partial charge >= 0.3 is 0 Å². The Morgan fingerprint density at radius 3 is 2.00 bits per heavy atom. The molecule has 0 saturated heterocycles. The minimum Gasteiger partial charge on any atom is -0.303 e. The average molecular weight is 141 g/mol. The molecule has 0 aromatic heterocycles. The van der Waals surface area contributed by atoms with E-state index in [2.05, 4.69) is 25.7 Å². The summed E-state index contributed by atoms with van der Waals surface area (Å²) in [6, 6.07) is 0. The molecule has 0 bridgehead atoms. The van der Waals surface area contributed by atoms with Crippen molar-refractivity contribution < 1.29 is 0 Å². The maximum Gasteiger partial charge on any atom is 0.00351 e. The standard InChI is InChI=1S/C9H19N/c1-4-10(5-2)8-9(3)6-7-9/h4-8H2,1-3H3. The van der Waals surface area contributed by atoms with E-state index in [9.17, 15) is 0 Å². The van der Waals surface area contributed by atoms with Crippen LogP contribution in [0.25, 0.3) is 0 Å². The second kappa shape index (κ2) is 2.91. The Balaban J connectivity index is 2.21. The molecule has 0 N–H and O–H groups in total. The third kappa shape index (κ3) is 1.98. The second-order valence-corrected chi connectivity index (χ2v) is 3.77. The van der Waals surface area contributed by atoms with E-state index in [1.807, 2.05) is 0 Å². The Morgan fingerprint density at radius 1 is 1.20 bits per heavy atom. The van der Waals surface area contributed by atoms with Crippen molar-refractivity contribution in [1.29, 1.82) is 0 Å². The molecule has 0 amide bonds. The minimum atomic E-state index is 0.700. The van der Waals surface area contributed by atoms with Crippen LogP contribution in [0.4, 0.5) is 0 Å². The summed E-state index contributed by atoms with van der Waals surface area (Å²) < 4.78 is 0. The van der Waals surface area contributed by atoms with E-state index in [0.717, 1.165) is 0 Å². The van der Waals surface area contributed by atoms with Gasteiger partial charge in [0.1, 0.15) is 0 Å². The lowest BCUT2D eigenvalue weighted by atomic mass is 10.1. The van der Waals surface area contributed by atoms with E-state index >= 15 is 0 Å². The first-order valence-corrected chi connectivity index (χ1v) is 4.42. The predicted octanol–water partition coefficient (Wildman–Crippen LogP) is 2.13. The highest BCUT2D eigenvalue weighted by atomic mass is 15.1. The first kappa shape index (κ1) is 8.06. The van der Waals surface area contributed by atoms with Crippen molar-refractivity contribution in [2.24, 2.45) is 5.41 Å². The van der Waals surface area contributed by atoms with Crippen LogP contribution in [0, 0.1) is 5.41 Å². The number of hydrogen-bond acceptors (Lipinski definition) is 1. The SMILES string of the molecule is CCN(CC)CC1(C)CC1. The second-order valence-electron chi connectivity index (χ2n) is 3.77.